The minimum atomic E-state index is -0.328. The number of nitro groups is 1. The van der Waals surface area contributed by atoms with Crippen molar-refractivity contribution in [2.24, 2.45) is 0 Å². The fraction of sp³-hybridized carbons (Fsp3) is 0.333. The fourth-order valence-corrected chi connectivity index (χ4v) is 3.08. The molecule has 0 unspecified atom stereocenters. The van der Waals surface area contributed by atoms with Gasteiger partial charge in [-0.3, -0.25) is 15.0 Å². The summed E-state index contributed by atoms with van der Waals surface area (Å²) in [5.74, 6) is 0. The topological polar surface area (TPSA) is 46.4 Å². The second-order valence-electron chi connectivity index (χ2n) is 5.83. The molecule has 0 amide bonds. The summed E-state index contributed by atoms with van der Waals surface area (Å²) < 4.78 is 0. The van der Waals surface area contributed by atoms with Crippen molar-refractivity contribution in [1.29, 1.82) is 0 Å². The first-order chi connectivity index (χ1) is 10.7. The lowest BCUT2D eigenvalue weighted by molar-refractivity contribution is -0.384. The van der Waals surface area contributed by atoms with Gasteiger partial charge in [-0.15, -0.1) is 0 Å². The Hall–Kier alpha value is -2.20. The Bertz CT molecular complexity index is 670. The zero-order valence-corrected chi connectivity index (χ0v) is 12.6. The van der Waals surface area contributed by atoms with Crippen molar-refractivity contribution < 1.29 is 4.92 Å². The number of hydrogen-bond acceptors (Lipinski definition) is 3. The standard InChI is InChI=1S/C18H20N2O2/c21-20(22)18-9-3-5-15(13-18)6-4-11-19-12-10-16-7-1-2-8-17(16)14-19/h1-3,5,7-9,13H,4,6,10-12,14H2. The minimum Gasteiger partial charge on any atom is -0.299 e. The van der Waals surface area contributed by atoms with Gasteiger partial charge < -0.3 is 0 Å². The van der Waals surface area contributed by atoms with E-state index in [1.165, 1.54) is 11.1 Å². The van der Waals surface area contributed by atoms with Gasteiger partial charge in [-0.25, -0.2) is 0 Å². The van der Waals surface area contributed by atoms with Gasteiger partial charge in [0.05, 0.1) is 4.92 Å². The van der Waals surface area contributed by atoms with E-state index in [4.69, 9.17) is 0 Å². The fourth-order valence-electron chi connectivity index (χ4n) is 3.08. The molecule has 0 bridgehead atoms. The summed E-state index contributed by atoms with van der Waals surface area (Å²) in [5.41, 5.74) is 4.14. The van der Waals surface area contributed by atoms with Crippen LogP contribution in [0.1, 0.15) is 23.1 Å². The average molecular weight is 296 g/mol. The second-order valence-corrected chi connectivity index (χ2v) is 5.83. The number of fused-ring (bicyclic) bond motifs is 1. The zero-order chi connectivity index (χ0) is 15.4. The largest absolute Gasteiger partial charge is 0.299 e. The second kappa shape index (κ2) is 6.71. The molecule has 1 heterocycles. The van der Waals surface area contributed by atoms with Crippen LogP contribution in [0.25, 0.3) is 0 Å². The number of rotatable bonds is 5. The molecule has 0 saturated heterocycles. The van der Waals surface area contributed by atoms with Gasteiger partial charge in [0.2, 0.25) is 0 Å². The van der Waals surface area contributed by atoms with E-state index >= 15 is 0 Å². The van der Waals surface area contributed by atoms with Crippen LogP contribution >= 0.6 is 0 Å². The molecule has 114 valence electrons. The predicted octanol–water partition coefficient (Wildman–Crippen LogP) is 3.59. The molecule has 2 aromatic rings. The van der Waals surface area contributed by atoms with Crippen molar-refractivity contribution in [2.75, 3.05) is 13.1 Å². The highest BCUT2D eigenvalue weighted by Crippen LogP contribution is 2.19. The molecular weight excluding hydrogens is 276 g/mol. The maximum atomic E-state index is 10.8. The van der Waals surface area contributed by atoms with Crippen LogP contribution in [0.5, 0.6) is 0 Å². The lowest BCUT2D eigenvalue weighted by Gasteiger charge is -2.28. The summed E-state index contributed by atoms with van der Waals surface area (Å²) in [4.78, 5) is 12.9. The van der Waals surface area contributed by atoms with E-state index in [1.807, 2.05) is 6.07 Å². The van der Waals surface area contributed by atoms with Crippen molar-refractivity contribution in [3.05, 3.63) is 75.3 Å². The van der Waals surface area contributed by atoms with Crippen LogP contribution in [-0.4, -0.2) is 22.9 Å². The van der Waals surface area contributed by atoms with Gasteiger partial charge in [0, 0.05) is 25.2 Å². The third-order valence-electron chi connectivity index (χ3n) is 4.27. The van der Waals surface area contributed by atoms with Crippen molar-refractivity contribution in [2.45, 2.75) is 25.8 Å². The van der Waals surface area contributed by atoms with E-state index in [-0.39, 0.29) is 10.6 Å². The van der Waals surface area contributed by atoms with Gasteiger partial charge in [-0.1, -0.05) is 36.4 Å². The van der Waals surface area contributed by atoms with Crippen LogP contribution in [0.3, 0.4) is 0 Å². The molecule has 0 spiro atoms. The molecule has 0 fully saturated rings. The molecule has 2 aromatic carbocycles. The Labute approximate surface area is 130 Å². The third-order valence-corrected chi connectivity index (χ3v) is 4.27. The molecule has 4 nitrogen and oxygen atoms in total. The van der Waals surface area contributed by atoms with Gasteiger partial charge in [0.25, 0.3) is 5.69 Å². The molecule has 0 saturated carbocycles. The maximum absolute atomic E-state index is 10.8. The molecule has 0 aliphatic carbocycles. The molecule has 4 heteroatoms. The summed E-state index contributed by atoms with van der Waals surface area (Å²) in [6.45, 7) is 3.16. The Morgan fingerprint density at radius 3 is 2.73 bits per heavy atom. The number of nitrogens with zero attached hydrogens (tertiary/aromatic N) is 2. The summed E-state index contributed by atoms with van der Waals surface area (Å²) in [7, 11) is 0. The van der Waals surface area contributed by atoms with Crippen LogP contribution in [0.15, 0.2) is 48.5 Å². The van der Waals surface area contributed by atoms with Gasteiger partial charge in [-0.05, 0) is 42.5 Å². The van der Waals surface area contributed by atoms with Gasteiger partial charge in [0.1, 0.15) is 0 Å². The van der Waals surface area contributed by atoms with E-state index in [2.05, 4.69) is 29.2 Å². The van der Waals surface area contributed by atoms with Gasteiger partial charge >= 0.3 is 0 Å². The Balaban J connectivity index is 1.52. The smallest absolute Gasteiger partial charge is 0.269 e. The van der Waals surface area contributed by atoms with Gasteiger partial charge in [-0.2, -0.15) is 0 Å². The first kappa shape index (κ1) is 14.7. The van der Waals surface area contributed by atoms with Crippen LogP contribution < -0.4 is 0 Å². The molecule has 0 aromatic heterocycles. The molecular formula is C18H20N2O2. The maximum Gasteiger partial charge on any atom is 0.269 e. The van der Waals surface area contributed by atoms with Crippen LogP contribution in [0, 0.1) is 10.1 Å². The van der Waals surface area contributed by atoms with Crippen molar-refractivity contribution in [1.82, 2.24) is 4.90 Å². The summed E-state index contributed by atoms with van der Waals surface area (Å²) >= 11 is 0. The normalized spacial score (nSPS) is 14.5. The Morgan fingerprint density at radius 1 is 1.09 bits per heavy atom. The highest BCUT2D eigenvalue weighted by molar-refractivity contribution is 5.34. The minimum absolute atomic E-state index is 0.185. The summed E-state index contributed by atoms with van der Waals surface area (Å²) in [6, 6.07) is 15.6. The number of benzene rings is 2. The first-order valence-corrected chi connectivity index (χ1v) is 7.75. The number of non-ortho nitro benzene ring substituents is 1. The quantitative estimate of drug-likeness (QED) is 0.626. The first-order valence-electron chi connectivity index (χ1n) is 7.75. The number of nitro benzene ring substituents is 1. The predicted molar refractivity (Wildman–Crippen MR) is 86.8 cm³/mol. The highest BCUT2D eigenvalue weighted by atomic mass is 16.6. The average Bonchev–Trinajstić information content (AvgIpc) is 2.55. The molecule has 22 heavy (non-hydrogen) atoms. The van der Waals surface area contributed by atoms with Crippen molar-refractivity contribution >= 4 is 5.69 Å². The van der Waals surface area contributed by atoms with Crippen LogP contribution in [0.4, 0.5) is 5.69 Å². The highest BCUT2D eigenvalue weighted by Gasteiger charge is 2.15. The van der Waals surface area contributed by atoms with Crippen LogP contribution in [-0.2, 0) is 19.4 Å². The SMILES string of the molecule is O=[N+]([O-])c1cccc(CCCN2CCc3ccccc3C2)c1. The molecule has 1 aliphatic rings. The van der Waals surface area contributed by atoms with E-state index in [0.29, 0.717) is 0 Å². The molecule has 0 atom stereocenters. The third kappa shape index (κ3) is 3.52. The zero-order valence-electron chi connectivity index (χ0n) is 12.6. The monoisotopic (exact) mass is 296 g/mol. The Morgan fingerprint density at radius 2 is 1.91 bits per heavy atom. The summed E-state index contributed by atoms with van der Waals surface area (Å²) in [5, 5.41) is 10.8. The Kier molecular flexibility index (Phi) is 4.49. The van der Waals surface area contributed by atoms with E-state index in [1.54, 1.807) is 18.2 Å². The van der Waals surface area contributed by atoms with Crippen molar-refractivity contribution in [3.63, 3.8) is 0 Å². The van der Waals surface area contributed by atoms with E-state index in [9.17, 15) is 10.1 Å². The molecule has 0 radical (unpaired) electrons. The van der Waals surface area contributed by atoms with E-state index < -0.39 is 0 Å². The lowest BCUT2D eigenvalue weighted by atomic mass is 9.99. The number of aryl methyl sites for hydroxylation is 1. The van der Waals surface area contributed by atoms with Crippen LogP contribution in [0.2, 0.25) is 0 Å². The van der Waals surface area contributed by atoms with Gasteiger partial charge in [0.15, 0.2) is 0 Å². The lowest BCUT2D eigenvalue weighted by Crippen LogP contribution is -2.31. The number of hydrogen-bond donors (Lipinski definition) is 0. The van der Waals surface area contributed by atoms with Crippen molar-refractivity contribution in [3.8, 4) is 0 Å². The molecule has 0 N–H and O–H groups in total. The molecule has 3 rings (SSSR count). The summed E-state index contributed by atoms with van der Waals surface area (Å²) in [6.07, 6.45) is 3.04. The van der Waals surface area contributed by atoms with E-state index in [0.717, 1.165) is 44.5 Å². The molecule has 1 aliphatic heterocycles.